The summed E-state index contributed by atoms with van der Waals surface area (Å²) in [5.41, 5.74) is 0.544. The molecular formula is C16H18N2O2. The second-order valence-corrected chi connectivity index (χ2v) is 4.63. The summed E-state index contributed by atoms with van der Waals surface area (Å²) in [4.78, 5) is 12.4. The average molecular weight is 270 g/mol. The largest absolute Gasteiger partial charge is 0.467 e. The molecule has 104 valence electrons. The monoisotopic (exact) mass is 270 g/mol. The van der Waals surface area contributed by atoms with Crippen LogP contribution >= 0.6 is 0 Å². The Morgan fingerprint density at radius 2 is 2.00 bits per heavy atom. The molecule has 2 aromatic rings. The number of benzene rings is 1. The molecule has 0 bridgehead atoms. The summed E-state index contributed by atoms with van der Waals surface area (Å²) < 4.78 is 5.40. The number of hydrogen-bond donors (Lipinski definition) is 1. The van der Waals surface area contributed by atoms with Crippen LogP contribution in [0.2, 0.25) is 0 Å². The summed E-state index contributed by atoms with van der Waals surface area (Å²) >= 11 is 0. The highest BCUT2D eigenvalue weighted by molar-refractivity contribution is 5.94. The first-order chi connectivity index (χ1) is 9.65. The molecule has 0 aliphatic carbocycles. The van der Waals surface area contributed by atoms with Gasteiger partial charge >= 0.3 is 0 Å². The van der Waals surface area contributed by atoms with E-state index in [9.17, 15) is 4.79 Å². The maximum Gasteiger partial charge on any atom is 0.268 e. The summed E-state index contributed by atoms with van der Waals surface area (Å²) in [7, 11) is 0. The molecule has 0 radical (unpaired) electrons. The van der Waals surface area contributed by atoms with E-state index in [-0.39, 0.29) is 17.9 Å². The molecule has 20 heavy (non-hydrogen) atoms. The van der Waals surface area contributed by atoms with Gasteiger partial charge in [-0.25, -0.2) is 5.84 Å². The summed E-state index contributed by atoms with van der Waals surface area (Å²) in [6.07, 6.45) is 3.32. The van der Waals surface area contributed by atoms with Gasteiger partial charge in [-0.15, -0.1) is 6.58 Å². The van der Waals surface area contributed by atoms with Crippen LogP contribution < -0.4 is 5.84 Å². The van der Waals surface area contributed by atoms with Gasteiger partial charge in [0, 0.05) is 11.5 Å². The van der Waals surface area contributed by atoms with Crippen LogP contribution in [0.4, 0.5) is 0 Å². The van der Waals surface area contributed by atoms with Gasteiger partial charge in [-0.05, 0) is 24.3 Å². The zero-order valence-corrected chi connectivity index (χ0v) is 11.4. The molecular weight excluding hydrogens is 252 g/mol. The second-order valence-electron chi connectivity index (χ2n) is 4.63. The fourth-order valence-corrected chi connectivity index (χ4v) is 2.09. The van der Waals surface area contributed by atoms with Crippen LogP contribution in [-0.2, 0) is 0 Å². The fraction of sp³-hybridized carbons (Fsp3) is 0.188. The standard InChI is InChI=1S/C16H18N2O2/c1-3-12(2)15(14-10-7-11-20-14)18(17)16(19)13-8-5-4-6-9-13/h3-12,15H,1,17H2,2H3/t12-,15-/m1/s1. The molecule has 0 fully saturated rings. The van der Waals surface area contributed by atoms with E-state index in [1.165, 1.54) is 5.01 Å². The van der Waals surface area contributed by atoms with Crippen molar-refractivity contribution < 1.29 is 9.21 Å². The predicted octanol–water partition coefficient (Wildman–Crippen LogP) is 3.16. The molecule has 4 nitrogen and oxygen atoms in total. The lowest BCUT2D eigenvalue weighted by atomic mass is 9.98. The van der Waals surface area contributed by atoms with Crippen LogP contribution in [-0.4, -0.2) is 10.9 Å². The molecule has 1 heterocycles. The number of nitrogens with two attached hydrogens (primary N) is 1. The van der Waals surface area contributed by atoms with E-state index in [0.717, 1.165) is 0 Å². The van der Waals surface area contributed by atoms with Gasteiger partial charge in [-0.1, -0.05) is 31.2 Å². The van der Waals surface area contributed by atoms with Crippen molar-refractivity contribution in [2.24, 2.45) is 11.8 Å². The summed E-state index contributed by atoms with van der Waals surface area (Å²) in [6, 6.07) is 12.1. The lowest BCUT2D eigenvalue weighted by Gasteiger charge is -2.29. The molecule has 2 atom stereocenters. The summed E-state index contributed by atoms with van der Waals surface area (Å²) in [5.74, 6) is 6.40. The number of carbonyl (C=O) groups is 1. The summed E-state index contributed by atoms with van der Waals surface area (Å²) in [6.45, 7) is 5.71. The highest BCUT2D eigenvalue weighted by Crippen LogP contribution is 2.28. The van der Waals surface area contributed by atoms with Crippen molar-refractivity contribution in [2.45, 2.75) is 13.0 Å². The normalized spacial score (nSPS) is 13.5. The van der Waals surface area contributed by atoms with Crippen LogP contribution in [0.3, 0.4) is 0 Å². The van der Waals surface area contributed by atoms with Crippen molar-refractivity contribution in [3.8, 4) is 0 Å². The van der Waals surface area contributed by atoms with Crippen molar-refractivity contribution in [2.75, 3.05) is 0 Å². The van der Waals surface area contributed by atoms with Crippen molar-refractivity contribution in [1.29, 1.82) is 0 Å². The van der Waals surface area contributed by atoms with Crippen molar-refractivity contribution >= 4 is 5.91 Å². The van der Waals surface area contributed by atoms with E-state index in [1.54, 1.807) is 42.7 Å². The Labute approximate surface area is 118 Å². The third-order valence-electron chi connectivity index (χ3n) is 3.26. The third kappa shape index (κ3) is 2.81. The number of amides is 1. The van der Waals surface area contributed by atoms with E-state index < -0.39 is 0 Å². The van der Waals surface area contributed by atoms with Crippen molar-refractivity contribution in [1.82, 2.24) is 5.01 Å². The van der Waals surface area contributed by atoms with Crippen LogP contribution in [0, 0.1) is 5.92 Å². The first kappa shape index (κ1) is 14.1. The Morgan fingerprint density at radius 3 is 2.55 bits per heavy atom. The predicted molar refractivity (Wildman–Crippen MR) is 77.6 cm³/mol. The van der Waals surface area contributed by atoms with Crippen LogP contribution in [0.25, 0.3) is 0 Å². The van der Waals surface area contributed by atoms with Gasteiger partial charge in [0.1, 0.15) is 11.8 Å². The van der Waals surface area contributed by atoms with E-state index in [4.69, 9.17) is 10.3 Å². The second kappa shape index (κ2) is 6.21. The molecule has 2 N–H and O–H groups in total. The minimum Gasteiger partial charge on any atom is -0.467 e. The number of hydrogen-bond acceptors (Lipinski definition) is 3. The third-order valence-corrected chi connectivity index (χ3v) is 3.26. The molecule has 0 aliphatic rings. The minimum atomic E-state index is -0.379. The Balaban J connectivity index is 2.30. The van der Waals surface area contributed by atoms with E-state index in [0.29, 0.717) is 11.3 Å². The molecule has 0 saturated carbocycles. The Kier molecular flexibility index (Phi) is 4.38. The molecule has 1 aromatic heterocycles. The van der Waals surface area contributed by atoms with Crippen LogP contribution in [0.15, 0.2) is 65.8 Å². The van der Waals surface area contributed by atoms with Gasteiger partial charge in [-0.3, -0.25) is 9.80 Å². The zero-order chi connectivity index (χ0) is 14.5. The highest BCUT2D eigenvalue weighted by atomic mass is 16.3. The molecule has 4 heteroatoms. The lowest BCUT2D eigenvalue weighted by molar-refractivity contribution is 0.0607. The first-order valence-corrected chi connectivity index (χ1v) is 6.44. The smallest absolute Gasteiger partial charge is 0.268 e. The van der Waals surface area contributed by atoms with Crippen LogP contribution in [0.5, 0.6) is 0 Å². The number of carbonyl (C=O) groups excluding carboxylic acids is 1. The molecule has 0 saturated heterocycles. The zero-order valence-electron chi connectivity index (χ0n) is 11.4. The molecule has 1 aromatic carbocycles. The van der Waals surface area contributed by atoms with Crippen LogP contribution in [0.1, 0.15) is 29.1 Å². The summed E-state index contributed by atoms with van der Waals surface area (Å²) in [5, 5.41) is 1.21. The van der Waals surface area contributed by atoms with Crippen molar-refractivity contribution in [3.05, 3.63) is 72.7 Å². The Bertz CT molecular complexity index is 563. The molecule has 0 spiro atoms. The number of rotatable bonds is 5. The number of furan rings is 1. The SMILES string of the molecule is C=C[C@@H](C)[C@H](c1ccco1)N(N)C(=O)c1ccccc1. The highest BCUT2D eigenvalue weighted by Gasteiger charge is 2.29. The first-order valence-electron chi connectivity index (χ1n) is 6.44. The lowest BCUT2D eigenvalue weighted by Crippen LogP contribution is -2.42. The van der Waals surface area contributed by atoms with E-state index in [2.05, 4.69) is 6.58 Å². The fourth-order valence-electron chi connectivity index (χ4n) is 2.09. The van der Waals surface area contributed by atoms with Gasteiger partial charge < -0.3 is 4.42 Å². The molecule has 1 amide bonds. The number of nitrogens with zero attached hydrogens (tertiary/aromatic N) is 1. The van der Waals surface area contributed by atoms with Gasteiger partial charge in [-0.2, -0.15) is 0 Å². The van der Waals surface area contributed by atoms with Gasteiger partial charge in [0.15, 0.2) is 0 Å². The molecule has 0 aliphatic heterocycles. The van der Waals surface area contributed by atoms with Crippen molar-refractivity contribution in [3.63, 3.8) is 0 Å². The maximum atomic E-state index is 12.4. The molecule has 0 unspecified atom stereocenters. The Morgan fingerprint density at radius 1 is 1.30 bits per heavy atom. The minimum absolute atomic E-state index is 0.0289. The maximum absolute atomic E-state index is 12.4. The van der Waals surface area contributed by atoms with E-state index in [1.807, 2.05) is 19.1 Å². The number of hydrazine groups is 1. The topological polar surface area (TPSA) is 59.5 Å². The Hall–Kier alpha value is -2.33. The van der Waals surface area contributed by atoms with Gasteiger partial charge in [0.25, 0.3) is 5.91 Å². The van der Waals surface area contributed by atoms with Gasteiger partial charge in [0.2, 0.25) is 0 Å². The van der Waals surface area contributed by atoms with Gasteiger partial charge in [0.05, 0.1) is 6.26 Å². The molecule has 2 rings (SSSR count). The average Bonchev–Trinajstić information content (AvgIpc) is 3.01. The van der Waals surface area contributed by atoms with E-state index >= 15 is 0 Å². The quantitative estimate of drug-likeness (QED) is 0.393.